The normalized spacial score (nSPS) is 21.1. The van der Waals surface area contributed by atoms with Crippen LogP contribution in [0.4, 0.5) is 8.78 Å². The highest BCUT2D eigenvalue weighted by Gasteiger charge is 2.21. The van der Waals surface area contributed by atoms with Gasteiger partial charge in [-0.15, -0.1) is 0 Å². The highest BCUT2D eigenvalue weighted by Crippen LogP contribution is 2.29. The average Bonchev–Trinajstić information content (AvgIpc) is 2.29. The van der Waals surface area contributed by atoms with Crippen molar-refractivity contribution in [3.05, 3.63) is 34.9 Å². The summed E-state index contributed by atoms with van der Waals surface area (Å²) in [6, 6.07) is 2.42. The SMILES string of the molecule is CC1Cc2cc(F)cc(F)c2C1. The summed E-state index contributed by atoms with van der Waals surface area (Å²) in [6.07, 6.45) is 1.56. The van der Waals surface area contributed by atoms with E-state index in [2.05, 4.69) is 6.92 Å². The number of rotatable bonds is 0. The monoisotopic (exact) mass is 168 g/mol. The third-order valence-electron chi connectivity index (χ3n) is 2.37. The molecule has 0 aliphatic heterocycles. The van der Waals surface area contributed by atoms with Gasteiger partial charge in [-0.25, -0.2) is 8.78 Å². The standard InChI is InChI=1S/C10H10F2/c1-6-2-7-4-8(11)5-10(12)9(7)3-6/h4-6H,2-3H2,1H3. The maximum atomic E-state index is 13.1. The molecule has 1 aromatic rings. The molecule has 0 heterocycles. The lowest BCUT2D eigenvalue weighted by Crippen LogP contribution is -1.91. The van der Waals surface area contributed by atoms with Crippen LogP contribution < -0.4 is 0 Å². The molecule has 0 aromatic heterocycles. The molecule has 0 bridgehead atoms. The van der Waals surface area contributed by atoms with Crippen LogP contribution in [0.3, 0.4) is 0 Å². The smallest absolute Gasteiger partial charge is 0.129 e. The van der Waals surface area contributed by atoms with Crippen LogP contribution >= 0.6 is 0 Å². The van der Waals surface area contributed by atoms with Gasteiger partial charge >= 0.3 is 0 Å². The van der Waals surface area contributed by atoms with Crippen molar-refractivity contribution in [3.63, 3.8) is 0 Å². The summed E-state index contributed by atoms with van der Waals surface area (Å²) < 4.78 is 25.8. The van der Waals surface area contributed by atoms with Crippen LogP contribution in [-0.4, -0.2) is 0 Å². The van der Waals surface area contributed by atoms with E-state index in [1.54, 1.807) is 0 Å². The van der Waals surface area contributed by atoms with E-state index in [1.165, 1.54) is 6.07 Å². The minimum Gasteiger partial charge on any atom is -0.207 e. The predicted molar refractivity (Wildman–Crippen MR) is 42.9 cm³/mol. The zero-order valence-corrected chi connectivity index (χ0v) is 6.90. The molecule has 0 nitrogen and oxygen atoms in total. The average molecular weight is 168 g/mol. The second-order valence-corrected chi connectivity index (χ2v) is 3.54. The first kappa shape index (κ1) is 7.71. The molecule has 1 unspecified atom stereocenters. The molecule has 1 aromatic carbocycles. The Balaban J connectivity index is 2.52. The fourth-order valence-electron chi connectivity index (χ4n) is 1.86. The van der Waals surface area contributed by atoms with Crippen LogP contribution in [0.1, 0.15) is 18.1 Å². The number of benzene rings is 1. The third kappa shape index (κ3) is 1.11. The van der Waals surface area contributed by atoms with E-state index in [0.29, 0.717) is 11.5 Å². The Morgan fingerprint density at radius 2 is 2.00 bits per heavy atom. The van der Waals surface area contributed by atoms with Gasteiger partial charge in [0.2, 0.25) is 0 Å². The van der Waals surface area contributed by atoms with E-state index in [0.717, 1.165) is 24.5 Å². The molecular weight excluding hydrogens is 158 g/mol. The summed E-state index contributed by atoms with van der Waals surface area (Å²) in [6.45, 7) is 2.05. The minimum atomic E-state index is -0.458. The van der Waals surface area contributed by atoms with E-state index < -0.39 is 5.82 Å². The van der Waals surface area contributed by atoms with Crippen LogP contribution in [-0.2, 0) is 12.8 Å². The van der Waals surface area contributed by atoms with Gasteiger partial charge in [0.05, 0.1) is 0 Å². The minimum absolute atomic E-state index is 0.380. The van der Waals surface area contributed by atoms with Crippen LogP contribution in [0, 0.1) is 17.6 Å². The van der Waals surface area contributed by atoms with Crippen molar-refractivity contribution in [2.24, 2.45) is 5.92 Å². The van der Waals surface area contributed by atoms with Gasteiger partial charge in [-0.2, -0.15) is 0 Å². The van der Waals surface area contributed by atoms with Gasteiger partial charge < -0.3 is 0 Å². The second-order valence-electron chi connectivity index (χ2n) is 3.54. The van der Waals surface area contributed by atoms with Gasteiger partial charge in [-0.3, -0.25) is 0 Å². The van der Waals surface area contributed by atoms with Crippen molar-refractivity contribution in [1.29, 1.82) is 0 Å². The van der Waals surface area contributed by atoms with Gasteiger partial charge in [-0.05, 0) is 36.0 Å². The van der Waals surface area contributed by atoms with Crippen LogP contribution in [0.5, 0.6) is 0 Å². The largest absolute Gasteiger partial charge is 0.207 e. The molecule has 1 aliphatic rings. The lowest BCUT2D eigenvalue weighted by Gasteiger charge is -1.99. The summed E-state index contributed by atoms with van der Waals surface area (Å²) in [5.74, 6) is -0.383. The van der Waals surface area contributed by atoms with Crippen molar-refractivity contribution >= 4 is 0 Å². The Kier molecular flexibility index (Phi) is 1.63. The van der Waals surface area contributed by atoms with Gasteiger partial charge in [0.1, 0.15) is 11.6 Å². The Hall–Kier alpha value is -0.920. The first-order valence-corrected chi connectivity index (χ1v) is 4.13. The molecular formula is C10H10F2. The van der Waals surface area contributed by atoms with E-state index >= 15 is 0 Å². The maximum Gasteiger partial charge on any atom is 0.129 e. The summed E-state index contributed by atoms with van der Waals surface area (Å²) in [4.78, 5) is 0. The highest BCUT2D eigenvalue weighted by molar-refractivity contribution is 5.33. The van der Waals surface area contributed by atoms with E-state index in [-0.39, 0.29) is 5.82 Å². The molecule has 64 valence electrons. The fraction of sp³-hybridized carbons (Fsp3) is 0.400. The molecule has 0 spiro atoms. The molecule has 2 rings (SSSR count). The lowest BCUT2D eigenvalue weighted by molar-refractivity contribution is 0.568. The predicted octanol–water partition coefficient (Wildman–Crippen LogP) is 2.70. The summed E-state index contributed by atoms with van der Waals surface area (Å²) in [7, 11) is 0. The number of fused-ring (bicyclic) bond motifs is 1. The van der Waals surface area contributed by atoms with Crippen molar-refractivity contribution in [2.75, 3.05) is 0 Å². The molecule has 0 N–H and O–H groups in total. The molecule has 0 amide bonds. The summed E-state index contributed by atoms with van der Waals surface area (Å²) in [5, 5.41) is 0. The van der Waals surface area contributed by atoms with Crippen LogP contribution in [0.2, 0.25) is 0 Å². The topological polar surface area (TPSA) is 0 Å². The Labute approximate surface area is 70.2 Å². The maximum absolute atomic E-state index is 13.1. The van der Waals surface area contributed by atoms with E-state index in [9.17, 15) is 8.78 Å². The molecule has 0 fully saturated rings. The molecule has 1 aliphatic carbocycles. The van der Waals surface area contributed by atoms with Crippen LogP contribution in [0.15, 0.2) is 12.1 Å². The molecule has 1 atom stereocenters. The lowest BCUT2D eigenvalue weighted by atomic mass is 10.1. The Bertz CT molecular complexity index is 318. The van der Waals surface area contributed by atoms with E-state index in [1.807, 2.05) is 0 Å². The van der Waals surface area contributed by atoms with Crippen molar-refractivity contribution in [1.82, 2.24) is 0 Å². The van der Waals surface area contributed by atoms with Crippen LogP contribution in [0.25, 0.3) is 0 Å². The Morgan fingerprint density at radius 1 is 1.25 bits per heavy atom. The van der Waals surface area contributed by atoms with Gasteiger partial charge in [0, 0.05) is 6.07 Å². The van der Waals surface area contributed by atoms with Crippen molar-refractivity contribution < 1.29 is 8.78 Å². The quantitative estimate of drug-likeness (QED) is 0.558. The van der Waals surface area contributed by atoms with Crippen molar-refractivity contribution in [2.45, 2.75) is 19.8 Å². The number of halogens is 2. The molecule has 0 saturated carbocycles. The highest BCUT2D eigenvalue weighted by atomic mass is 19.1. The number of hydrogen-bond acceptors (Lipinski definition) is 0. The van der Waals surface area contributed by atoms with Gasteiger partial charge in [0.25, 0.3) is 0 Å². The fourth-order valence-corrected chi connectivity index (χ4v) is 1.86. The second kappa shape index (κ2) is 2.54. The number of hydrogen-bond donors (Lipinski definition) is 0. The molecule has 0 saturated heterocycles. The van der Waals surface area contributed by atoms with Crippen molar-refractivity contribution in [3.8, 4) is 0 Å². The molecule has 0 radical (unpaired) electrons. The summed E-state index contributed by atoms with van der Waals surface area (Å²) >= 11 is 0. The van der Waals surface area contributed by atoms with E-state index in [4.69, 9.17) is 0 Å². The third-order valence-corrected chi connectivity index (χ3v) is 2.37. The Morgan fingerprint density at radius 3 is 2.75 bits per heavy atom. The van der Waals surface area contributed by atoms with Gasteiger partial charge in [0.15, 0.2) is 0 Å². The van der Waals surface area contributed by atoms with Gasteiger partial charge in [-0.1, -0.05) is 6.92 Å². The zero-order valence-electron chi connectivity index (χ0n) is 6.90. The first-order valence-electron chi connectivity index (χ1n) is 4.13. The molecule has 12 heavy (non-hydrogen) atoms. The molecule has 2 heteroatoms. The zero-order chi connectivity index (χ0) is 8.72. The summed E-state index contributed by atoms with van der Waals surface area (Å²) in [5.41, 5.74) is 1.56. The first-order chi connectivity index (χ1) is 5.66.